The van der Waals surface area contributed by atoms with Crippen LogP contribution in [0.5, 0.6) is 0 Å². The smallest absolute Gasteiger partial charge is 0.0798 e. The number of rotatable bonds is 5. The third-order valence-corrected chi connectivity index (χ3v) is 6.42. The predicted octanol–water partition coefficient (Wildman–Crippen LogP) is 4.62. The van der Waals surface area contributed by atoms with Crippen molar-refractivity contribution >= 4 is 27.3 Å². The molecular weight excluding hydrogens is 320 g/mol. The maximum absolute atomic E-state index is 4.35. The first kappa shape index (κ1) is 15.5. The van der Waals surface area contributed by atoms with Crippen molar-refractivity contribution in [2.45, 2.75) is 52.0 Å². The summed E-state index contributed by atoms with van der Waals surface area (Å²) in [6, 6.07) is 0. The maximum Gasteiger partial charge on any atom is 0.0798 e. The van der Waals surface area contributed by atoms with E-state index in [9.17, 15) is 0 Å². The SMILES string of the molecule is Cc1ncsc1CN(C)CC1(CBr)CCCCCC1. The molecule has 1 aliphatic rings. The van der Waals surface area contributed by atoms with Crippen molar-refractivity contribution in [2.24, 2.45) is 5.41 Å². The fraction of sp³-hybridized carbons (Fsp3) is 0.800. The summed E-state index contributed by atoms with van der Waals surface area (Å²) in [5.41, 5.74) is 3.65. The number of nitrogens with zero attached hydrogens (tertiary/aromatic N) is 2. The van der Waals surface area contributed by atoms with E-state index in [0.717, 1.165) is 11.9 Å². The molecule has 108 valence electrons. The topological polar surface area (TPSA) is 16.1 Å². The molecule has 1 fully saturated rings. The van der Waals surface area contributed by atoms with E-state index in [0.29, 0.717) is 5.41 Å². The highest BCUT2D eigenvalue weighted by Gasteiger charge is 2.31. The van der Waals surface area contributed by atoms with Gasteiger partial charge in [0.25, 0.3) is 0 Å². The Morgan fingerprint density at radius 1 is 1.32 bits per heavy atom. The molecule has 2 nitrogen and oxygen atoms in total. The largest absolute Gasteiger partial charge is 0.301 e. The van der Waals surface area contributed by atoms with Gasteiger partial charge in [0.1, 0.15) is 0 Å². The van der Waals surface area contributed by atoms with Crippen LogP contribution in [0.1, 0.15) is 49.1 Å². The van der Waals surface area contributed by atoms with Gasteiger partial charge in [-0.05, 0) is 32.2 Å². The minimum absolute atomic E-state index is 0.490. The van der Waals surface area contributed by atoms with Gasteiger partial charge in [0.2, 0.25) is 0 Å². The zero-order valence-corrected chi connectivity index (χ0v) is 14.5. The van der Waals surface area contributed by atoms with Crippen LogP contribution in [0, 0.1) is 12.3 Å². The molecule has 4 heteroatoms. The molecular formula is C15H25BrN2S. The molecule has 19 heavy (non-hydrogen) atoms. The van der Waals surface area contributed by atoms with E-state index in [1.165, 1.54) is 55.6 Å². The highest BCUT2D eigenvalue weighted by Crippen LogP contribution is 2.37. The van der Waals surface area contributed by atoms with Crippen molar-refractivity contribution in [2.75, 3.05) is 18.9 Å². The van der Waals surface area contributed by atoms with Gasteiger partial charge in [-0.1, -0.05) is 41.6 Å². The maximum atomic E-state index is 4.35. The summed E-state index contributed by atoms with van der Waals surface area (Å²) in [5.74, 6) is 0. The van der Waals surface area contributed by atoms with Crippen LogP contribution in [0.15, 0.2) is 5.51 Å². The molecule has 0 radical (unpaired) electrons. The lowest BCUT2D eigenvalue weighted by Gasteiger charge is -2.35. The van der Waals surface area contributed by atoms with Gasteiger partial charge >= 0.3 is 0 Å². The van der Waals surface area contributed by atoms with E-state index in [4.69, 9.17) is 0 Å². The Bertz CT molecular complexity index is 383. The van der Waals surface area contributed by atoms with Crippen molar-refractivity contribution in [1.29, 1.82) is 0 Å². The van der Waals surface area contributed by atoms with Gasteiger partial charge in [-0.15, -0.1) is 11.3 Å². The van der Waals surface area contributed by atoms with Crippen LogP contribution < -0.4 is 0 Å². The Morgan fingerprint density at radius 2 is 2.00 bits per heavy atom. The molecule has 1 aromatic heterocycles. The van der Waals surface area contributed by atoms with Gasteiger partial charge in [-0.3, -0.25) is 0 Å². The second-order valence-electron chi connectivity index (χ2n) is 6.08. The summed E-state index contributed by atoms with van der Waals surface area (Å²) >= 11 is 5.57. The number of hydrogen-bond acceptors (Lipinski definition) is 3. The molecule has 0 aromatic carbocycles. The number of alkyl halides is 1. The summed E-state index contributed by atoms with van der Waals surface area (Å²) in [6.45, 7) is 4.37. The second kappa shape index (κ2) is 7.19. The van der Waals surface area contributed by atoms with Gasteiger partial charge in [-0.2, -0.15) is 0 Å². The lowest BCUT2D eigenvalue weighted by molar-refractivity contribution is 0.171. The van der Waals surface area contributed by atoms with Crippen molar-refractivity contribution in [3.63, 3.8) is 0 Å². The van der Waals surface area contributed by atoms with Gasteiger partial charge in [0.05, 0.1) is 11.2 Å². The molecule has 0 unspecified atom stereocenters. The zero-order chi connectivity index (χ0) is 13.7. The van der Waals surface area contributed by atoms with E-state index in [1.54, 1.807) is 11.3 Å². The van der Waals surface area contributed by atoms with Crippen LogP contribution in [-0.2, 0) is 6.54 Å². The predicted molar refractivity (Wildman–Crippen MR) is 87.1 cm³/mol. The molecule has 0 bridgehead atoms. The molecule has 0 aliphatic heterocycles. The molecule has 1 saturated carbocycles. The average molecular weight is 345 g/mol. The van der Waals surface area contributed by atoms with E-state index in [1.807, 2.05) is 5.51 Å². The number of halogens is 1. The molecule has 1 aromatic rings. The fourth-order valence-electron chi connectivity index (χ4n) is 3.16. The molecule has 0 N–H and O–H groups in total. The molecule has 0 saturated heterocycles. The Hall–Kier alpha value is 0.0700. The van der Waals surface area contributed by atoms with E-state index in [2.05, 4.69) is 39.8 Å². The fourth-order valence-corrected chi connectivity index (χ4v) is 4.76. The van der Waals surface area contributed by atoms with Crippen LogP contribution in [0.2, 0.25) is 0 Å². The van der Waals surface area contributed by atoms with Crippen LogP contribution in [0.3, 0.4) is 0 Å². The Morgan fingerprint density at radius 3 is 2.53 bits per heavy atom. The van der Waals surface area contributed by atoms with Gasteiger partial charge in [-0.25, -0.2) is 4.98 Å². The summed E-state index contributed by atoms with van der Waals surface area (Å²) in [5, 5.41) is 1.14. The van der Waals surface area contributed by atoms with Crippen LogP contribution in [0.4, 0.5) is 0 Å². The normalized spacial score (nSPS) is 19.6. The first-order valence-electron chi connectivity index (χ1n) is 7.29. The van der Waals surface area contributed by atoms with Crippen molar-refractivity contribution in [1.82, 2.24) is 9.88 Å². The van der Waals surface area contributed by atoms with Crippen LogP contribution in [0.25, 0.3) is 0 Å². The van der Waals surface area contributed by atoms with Gasteiger partial charge in [0, 0.05) is 23.3 Å². The first-order chi connectivity index (χ1) is 9.15. The highest BCUT2D eigenvalue weighted by molar-refractivity contribution is 9.09. The zero-order valence-electron chi connectivity index (χ0n) is 12.1. The number of thiazole rings is 1. The van der Waals surface area contributed by atoms with Crippen LogP contribution in [-0.4, -0.2) is 28.8 Å². The highest BCUT2D eigenvalue weighted by atomic mass is 79.9. The summed E-state index contributed by atoms with van der Waals surface area (Å²) in [7, 11) is 2.26. The Balaban J connectivity index is 1.95. The number of aryl methyl sites for hydroxylation is 1. The molecule has 1 heterocycles. The quantitative estimate of drug-likeness (QED) is 0.572. The van der Waals surface area contributed by atoms with Crippen molar-refractivity contribution < 1.29 is 0 Å². The Kier molecular flexibility index (Phi) is 5.85. The lowest BCUT2D eigenvalue weighted by Crippen LogP contribution is -2.36. The minimum Gasteiger partial charge on any atom is -0.301 e. The summed E-state index contributed by atoms with van der Waals surface area (Å²) in [6.07, 6.45) is 8.41. The lowest BCUT2D eigenvalue weighted by atomic mass is 9.82. The molecule has 1 aliphatic carbocycles. The van der Waals surface area contributed by atoms with E-state index >= 15 is 0 Å². The molecule has 0 atom stereocenters. The van der Waals surface area contributed by atoms with Crippen molar-refractivity contribution in [3.05, 3.63) is 16.1 Å². The minimum atomic E-state index is 0.490. The third kappa shape index (κ3) is 4.27. The van der Waals surface area contributed by atoms with Crippen molar-refractivity contribution in [3.8, 4) is 0 Å². The van der Waals surface area contributed by atoms with Crippen LogP contribution >= 0.6 is 27.3 Å². The monoisotopic (exact) mass is 344 g/mol. The summed E-state index contributed by atoms with van der Waals surface area (Å²) in [4.78, 5) is 8.26. The molecule has 0 spiro atoms. The summed E-state index contributed by atoms with van der Waals surface area (Å²) < 4.78 is 0. The number of aromatic nitrogens is 1. The third-order valence-electron chi connectivity index (χ3n) is 4.31. The molecule has 2 rings (SSSR count). The second-order valence-corrected chi connectivity index (χ2v) is 7.58. The average Bonchev–Trinajstić information content (AvgIpc) is 2.66. The van der Waals surface area contributed by atoms with E-state index < -0.39 is 0 Å². The van der Waals surface area contributed by atoms with Gasteiger partial charge < -0.3 is 4.90 Å². The standard InChI is InChI=1S/C15H25BrN2S/c1-13-14(19-12-17-13)9-18(2)11-15(10-16)7-5-3-4-6-8-15/h12H,3-11H2,1-2H3. The Labute approximate surface area is 129 Å². The molecule has 0 amide bonds. The first-order valence-corrected chi connectivity index (χ1v) is 9.29. The number of hydrogen-bond donors (Lipinski definition) is 0. The van der Waals surface area contributed by atoms with E-state index in [-0.39, 0.29) is 0 Å². The van der Waals surface area contributed by atoms with Gasteiger partial charge in [0.15, 0.2) is 0 Å².